The van der Waals surface area contributed by atoms with Gasteiger partial charge in [-0.3, -0.25) is 4.79 Å². The van der Waals surface area contributed by atoms with Gasteiger partial charge in [0.25, 0.3) is 0 Å². The van der Waals surface area contributed by atoms with Crippen LogP contribution in [0.2, 0.25) is 0 Å². The topological polar surface area (TPSA) is 41.8 Å². The first-order valence-electron chi connectivity index (χ1n) is 9.07. The Bertz CT molecular complexity index is 1090. The summed E-state index contributed by atoms with van der Waals surface area (Å²) in [6, 6.07) is 28.5. The molecule has 1 aliphatic rings. The number of hydrogen-bond acceptors (Lipinski definition) is 3. The number of aliphatic imine (C=N–C) groups is 2. The van der Waals surface area contributed by atoms with Gasteiger partial charge in [-0.25, -0.2) is 9.98 Å². The summed E-state index contributed by atoms with van der Waals surface area (Å²) in [5.41, 5.74) is 4.00. The summed E-state index contributed by atoms with van der Waals surface area (Å²) in [4.78, 5) is 22.7. The molecule has 0 aromatic heterocycles. The number of hydrogen-bond donors (Lipinski definition) is 0. The number of para-hydroxylation sites is 2. The Morgan fingerprint density at radius 1 is 0.643 bits per heavy atom. The van der Waals surface area contributed by atoms with Gasteiger partial charge in [-0.1, -0.05) is 72.8 Å². The zero-order chi connectivity index (χ0) is 19.2. The van der Waals surface area contributed by atoms with Gasteiger partial charge in [0.15, 0.2) is 5.78 Å². The fraction of sp³-hybridized carbons (Fsp3) is 0. The number of ketones is 1. The summed E-state index contributed by atoms with van der Waals surface area (Å²) < 4.78 is 0. The minimum absolute atomic E-state index is 0.0691. The highest BCUT2D eigenvalue weighted by Crippen LogP contribution is 2.22. The number of carbonyl (C=O) groups excluding carboxylic acids is 1. The van der Waals surface area contributed by atoms with Gasteiger partial charge in [0.05, 0.1) is 22.7 Å². The Morgan fingerprint density at radius 2 is 1.18 bits per heavy atom. The number of allylic oxidation sites excluding steroid dienone is 4. The monoisotopic (exact) mass is 362 g/mol. The van der Waals surface area contributed by atoms with Crippen LogP contribution in [-0.4, -0.2) is 17.2 Å². The Balaban J connectivity index is 1.82. The summed E-state index contributed by atoms with van der Waals surface area (Å²) >= 11 is 0. The van der Waals surface area contributed by atoms with Crippen molar-refractivity contribution in [2.45, 2.75) is 0 Å². The molecule has 0 atom stereocenters. The Morgan fingerprint density at radius 3 is 1.79 bits per heavy atom. The standard InChI is InChI=1S/C25H18N2O/c28-25(19-11-4-1-5-12-19)22-17-10-18-23(26-20-13-6-2-7-14-20)24(22)27-21-15-8-3-9-16-21/h1-18H. The quantitative estimate of drug-likeness (QED) is 0.420. The van der Waals surface area contributed by atoms with E-state index < -0.39 is 0 Å². The highest BCUT2D eigenvalue weighted by Gasteiger charge is 2.23. The Kier molecular flexibility index (Phi) is 5.16. The molecule has 0 bridgehead atoms. The maximum atomic E-state index is 13.2. The highest BCUT2D eigenvalue weighted by molar-refractivity contribution is 6.59. The Hall–Kier alpha value is -3.85. The van der Waals surface area contributed by atoms with Crippen LogP contribution in [0.4, 0.5) is 11.4 Å². The SMILES string of the molecule is O=C(C1=CC=CC(=Nc2ccccc2)C1=Nc1ccccc1)c1ccccc1. The molecule has 3 heteroatoms. The molecule has 0 amide bonds. The summed E-state index contributed by atoms with van der Waals surface area (Å²) in [7, 11) is 0. The molecule has 0 N–H and O–H groups in total. The van der Waals surface area contributed by atoms with Crippen LogP contribution in [-0.2, 0) is 0 Å². The third kappa shape index (κ3) is 3.94. The van der Waals surface area contributed by atoms with E-state index in [2.05, 4.69) is 0 Å². The summed E-state index contributed by atoms with van der Waals surface area (Å²) in [5, 5.41) is 0. The number of Topliss-reactive ketones (excluding diaryl/α,β-unsaturated/α-hetero) is 1. The van der Waals surface area contributed by atoms with Crippen LogP contribution in [0.1, 0.15) is 10.4 Å². The molecule has 0 spiro atoms. The predicted octanol–water partition coefficient (Wildman–Crippen LogP) is 5.91. The molecule has 0 aliphatic heterocycles. The van der Waals surface area contributed by atoms with E-state index in [0.29, 0.717) is 22.6 Å². The second kappa shape index (κ2) is 8.23. The third-order valence-corrected chi connectivity index (χ3v) is 4.30. The predicted molar refractivity (Wildman–Crippen MR) is 115 cm³/mol. The lowest BCUT2D eigenvalue weighted by molar-refractivity contribution is 0.104. The lowest BCUT2D eigenvalue weighted by Crippen LogP contribution is -2.23. The van der Waals surface area contributed by atoms with E-state index in [1.807, 2.05) is 103 Å². The molecule has 4 rings (SSSR count). The van der Waals surface area contributed by atoms with Crippen molar-refractivity contribution in [3.05, 3.63) is 120 Å². The maximum Gasteiger partial charge on any atom is 0.195 e. The van der Waals surface area contributed by atoms with Crippen molar-refractivity contribution in [3.8, 4) is 0 Å². The summed E-state index contributed by atoms with van der Waals surface area (Å²) in [6.07, 6.45) is 5.54. The lowest BCUT2D eigenvalue weighted by atomic mass is 9.93. The number of nitrogens with zero attached hydrogens (tertiary/aromatic N) is 2. The molecular weight excluding hydrogens is 344 g/mol. The van der Waals surface area contributed by atoms with Gasteiger partial charge in [-0.2, -0.15) is 0 Å². The van der Waals surface area contributed by atoms with Gasteiger partial charge >= 0.3 is 0 Å². The van der Waals surface area contributed by atoms with Gasteiger partial charge in [-0.05, 0) is 36.4 Å². The van der Waals surface area contributed by atoms with Crippen LogP contribution in [0.15, 0.2) is 125 Å². The van der Waals surface area contributed by atoms with Crippen molar-refractivity contribution in [2.24, 2.45) is 9.98 Å². The molecule has 134 valence electrons. The average molecular weight is 362 g/mol. The van der Waals surface area contributed by atoms with Gasteiger partial charge < -0.3 is 0 Å². The van der Waals surface area contributed by atoms with Crippen molar-refractivity contribution in [1.29, 1.82) is 0 Å². The number of benzene rings is 3. The molecule has 0 unspecified atom stereocenters. The molecule has 0 saturated carbocycles. The molecule has 0 radical (unpaired) electrons. The van der Waals surface area contributed by atoms with Crippen molar-refractivity contribution in [2.75, 3.05) is 0 Å². The van der Waals surface area contributed by atoms with Crippen LogP contribution < -0.4 is 0 Å². The molecule has 0 fully saturated rings. The number of carbonyl (C=O) groups is 1. The zero-order valence-electron chi connectivity index (χ0n) is 15.2. The van der Waals surface area contributed by atoms with Gasteiger partial charge in [-0.15, -0.1) is 0 Å². The molecule has 3 aromatic rings. The van der Waals surface area contributed by atoms with E-state index in [-0.39, 0.29) is 5.78 Å². The minimum Gasteiger partial charge on any atom is -0.289 e. The van der Waals surface area contributed by atoms with Crippen LogP contribution in [0.25, 0.3) is 0 Å². The molecule has 0 saturated heterocycles. The number of rotatable bonds is 4. The van der Waals surface area contributed by atoms with Crippen LogP contribution >= 0.6 is 0 Å². The van der Waals surface area contributed by atoms with Gasteiger partial charge in [0.2, 0.25) is 0 Å². The van der Waals surface area contributed by atoms with E-state index in [1.54, 1.807) is 6.08 Å². The fourth-order valence-corrected chi connectivity index (χ4v) is 2.94. The lowest BCUT2D eigenvalue weighted by Gasteiger charge is -2.14. The molecule has 1 aliphatic carbocycles. The Labute approximate surface area is 164 Å². The van der Waals surface area contributed by atoms with Gasteiger partial charge in [0, 0.05) is 5.56 Å². The minimum atomic E-state index is -0.0691. The molecule has 28 heavy (non-hydrogen) atoms. The summed E-state index contributed by atoms with van der Waals surface area (Å²) in [6.45, 7) is 0. The molecule has 3 aromatic carbocycles. The van der Waals surface area contributed by atoms with Gasteiger partial charge in [0.1, 0.15) is 5.71 Å². The van der Waals surface area contributed by atoms with Crippen LogP contribution in [0, 0.1) is 0 Å². The summed E-state index contributed by atoms with van der Waals surface area (Å²) in [5.74, 6) is -0.0691. The van der Waals surface area contributed by atoms with Crippen molar-refractivity contribution >= 4 is 28.6 Å². The molecule has 0 heterocycles. The van der Waals surface area contributed by atoms with Crippen molar-refractivity contribution in [3.63, 3.8) is 0 Å². The van der Waals surface area contributed by atoms with Crippen molar-refractivity contribution in [1.82, 2.24) is 0 Å². The molecule has 3 nitrogen and oxygen atoms in total. The first-order chi connectivity index (χ1) is 13.8. The van der Waals surface area contributed by atoms with Crippen LogP contribution in [0.5, 0.6) is 0 Å². The smallest absolute Gasteiger partial charge is 0.195 e. The second-order valence-electron chi connectivity index (χ2n) is 6.26. The third-order valence-electron chi connectivity index (χ3n) is 4.30. The molecular formula is C25H18N2O. The zero-order valence-corrected chi connectivity index (χ0v) is 15.2. The van der Waals surface area contributed by atoms with Crippen molar-refractivity contribution < 1.29 is 4.79 Å². The largest absolute Gasteiger partial charge is 0.289 e. The van der Waals surface area contributed by atoms with E-state index in [1.165, 1.54) is 0 Å². The maximum absolute atomic E-state index is 13.2. The van der Waals surface area contributed by atoms with E-state index in [4.69, 9.17) is 9.98 Å². The highest BCUT2D eigenvalue weighted by atomic mass is 16.1. The average Bonchev–Trinajstić information content (AvgIpc) is 2.76. The van der Waals surface area contributed by atoms with E-state index in [0.717, 1.165) is 11.4 Å². The normalized spacial score (nSPS) is 16.2. The first-order valence-corrected chi connectivity index (χ1v) is 9.07. The first kappa shape index (κ1) is 17.6. The fourth-order valence-electron chi connectivity index (χ4n) is 2.94. The van der Waals surface area contributed by atoms with E-state index in [9.17, 15) is 4.79 Å². The second-order valence-corrected chi connectivity index (χ2v) is 6.26. The van der Waals surface area contributed by atoms with E-state index >= 15 is 0 Å². The van der Waals surface area contributed by atoms with Crippen LogP contribution in [0.3, 0.4) is 0 Å².